The molecule has 19 heavy (non-hydrogen) atoms. The van der Waals surface area contributed by atoms with Gasteiger partial charge in [0.1, 0.15) is 11.6 Å². The number of alkyl halides is 5. The fraction of sp³-hybridized carbons (Fsp3) is 0.333. The third-order valence-corrected chi connectivity index (χ3v) is 2.11. The first-order valence-electron chi connectivity index (χ1n) is 5.00. The van der Waals surface area contributed by atoms with Gasteiger partial charge in [-0.2, -0.15) is 8.78 Å². The van der Waals surface area contributed by atoms with E-state index in [9.17, 15) is 22.0 Å². The van der Waals surface area contributed by atoms with Crippen LogP contribution < -0.4 is 4.74 Å². The van der Waals surface area contributed by atoms with Crippen molar-refractivity contribution in [1.82, 2.24) is 0 Å². The van der Waals surface area contributed by atoms with Crippen LogP contribution >= 0.6 is 11.6 Å². The molecule has 1 rings (SSSR count). The predicted molar refractivity (Wildman–Crippen MR) is 60.4 cm³/mol. The van der Waals surface area contributed by atoms with Crippen LogP contribution in [0.3, 0.4) is 0 Å². The Morgan fingerprint density at radius 2 is 2.00 bits per heavy atom. The maximum atomic E-state index is 13.4. The Bertz CT molecular complexity index is 493. The van der Waals surface area contributed by atoms with Gasteiger partial charge < -0.3 is 4.74 Å². The lowest BCUT2D eigenvalue weighted by Crippen LogP contribution is -2.33. The Labute approximate surface area is 111 Å². The molecule has 0 atom stereocenters. The van der Waals surface area contributed by atoms with E-state index in [1.807, 2.05) is 0 Å². The van der Waals surface area contributed by atoms with Gasteiger partial charge in [0.25, 0.3) is 0 Å². The van der Waals surface area contributed by atoms with Crippen molar-refractivity contribution in [1.29, 1.82) is 0 Å². The second kappa shape index (κ2) is 6.62. The largest absolute Gasteiger partial charge is 0.487 e. The molecule has 7 heteroatoms. The molecule has 0 N–H and O–H groups in total. The summed E-state index contributed by atoms with van der Waals surface area (Å²) in [6.45, 7) is -1.53. The van der Waals surface area contributed by atoms with Gasteiger partial charge in [-0.3, -0.25) is 0 Å². The summed E-state index contributed by atoms with van der Waals surface area (Å²) in [7, 11) is 0. The van der Waals surface area contributed by atoms with Crippen molar-refractivity contribution in [2.24, 2.45) is 0 Å². The highest BCUT2D eigenvalue weighted by Gasteiger charge is 2.41. The maximum absolute atomic E-state index is 13.4. The maximum Gasteiger partial charge on any atom is 0.340 e. The highest BCUT2D eigenvalue weighted by Crippen LogP contribution is 2.25. The SMILES string of the molecule is Fc1cc(OCC(F)(F)C(F)F)ccc1C#CCCl. The van der Waals surface area contributed by atoms with Crippen molar-refractivity contribution < 1.29 is 26.7 Å². The van der Waals surface area contributed by atoms with Crippen LogP contribution in [-0.2, 0) is 0 Å². The van der Waals surface area contributed by atoms with Crippen molar-refractivity contribution in [3.63, 3.8) is 0 Å². The molecule has 0 bridgehead atoms. The van der Waals surface area contributed by atoms with E-state index in [1.54, 1.807) is 0 Å². The molecule has 0 amide bonds. The van der Waals surface area contributed by atoms with Gasteiger partial charge in [-0.25, -0.2) is 13.2 Å². The van der Waals surface area contributed by atoms with E-state index in [4.69, 9.17) is 11.6 Å². The first kappa shape index (κ1) is 15.6. The number of hydrogen-bond donors (Lipinski definition) is 0. The predicted octanol–water partition coefficient (Wildman–Crippen LogP) is 3.70. The van der Waals surface area contributed by atoms with Gasteiger partial charge >= 0.3 is 12.3 Å². The van der Waals surface area contributed by atoms with E-state index in [-0.39, 0.29) is 17.2 Å². The molecule has 0 aliphatic rings. The van der Waals surface area contributed by atoms with E-state index in [1.165, 1.54) is 6.07 Å². The lowest BCUT2D eigenvalue weighted by atomic mass is 10.2. The standard InChI is InChI=1S/C12H8ClF5O/c13-5-1-2-8-3-4-9(6-10(8)14)19-7-12(17,18)11(15)16/h3-4,6,11H,5,7H2. The van der Waals surface area contributed by atoms with Crippen LogP contribution in [-0.4, -0.2) is 24.8 Å². The molecule has 0 aliphatic heterocycles. The highest BCUT2D eigenvalue weighted by atomic mass is 35.5. The number of benzene rings is 1. The van der Waals surface area contributed by atoms with E-state index in [2.05, 4.69) is 16.6 Å². The van der Waals surface area contributed by atoms with Crippen molar-refractivity contribution in [3.05, 3.63) is 29.6 Å². The second-order valence-electron chi connectivity index (χ2n) is 3.43. The Morgan fingerprint density at radius 1 is 1.32 bits per heavy atom. The highest BCUT2D eigenvalue weighted by molar-refractivity contribution is 6.19. The third-order valence-electron chi connectivity index (χ3n) is 1.98. The molecule has 0 radical (unpaired) electrons. The molecule has 1 aromatic carbocycles. The first-order valence-corrected chi connectivity index (χ1v) is 5.53. The molecule has 0 saturated heterocycles. The zero-order chi connectivity index (χ0) is 14.5. The minimum atomic E-state index is -4.28. The van der Waals surface area contributed by atoms with Crippen LogP contribution in [0.25, 0.3) is 0 Å². The summed E-state index contributed by atoms with van der Waals surface area (Å²) in [4.78, 5) is 0. The molecule has 0 fully saturated rings. The van der Waals surface area contributed by atoms with Crippen LogP contribution in [0.1, 0.15) is 5.56 Å². The number of halogens is 6. The Balaban J connectivity index is 2.74. The second-order valence-corrected chi connectivity index (χ2v) is 3.69. The fourth-order valence-electron chi connectivity index (χ4n) is 1.06. The number of rotatable bonds is 4. The summed E-state index contributed by atoms with van der Waals surface area (Å²) in [5.41, 5.74) is 0.00798. The van der Waals surface area contributed by atoms with Gasteiger partial charge in [0.05, 0.1) is 11.4 Å². The van der Waals surface area contributed by atoms with E-state index in [0.717, 1.165) is 12.1 Å². The topological polar surface area (TPSA) is 9.23 Å². The normalized spacial score (nSPS) is 11.1. The summed E-state index contributed by atoms with van der Waals surface area (Å²) < 4.78 is 66.7. The Hall–Kier alpha value is -1.48. The van der Waals surface area contributed by atoms with E-state index in [0.29, 0.717) is 0 Å². The van der Waals surface area contributed by atoms with E-state index >= 15 is 0 Å². The van der Waals surface area contributed by atoms with Gasteiger partial charge in [-0.1, -0.05) is 11.8 Å². The number of ether oxygens (including phenoxy) is 1. The molecule has 0 unspecified atom stereocenters. The van der Waals surface area contributed by atoms with Crippen LogP contribution in [0.2, 0.25) is 0 Å². The van der Waals surface area contributed by atoms with E-state index < -0.39 is 24.8 Å². The van der Waals surface area contributed by atoms with Crippen LogP contribution in [0.4, 0.5) is 22.0 Å². The summed E-state index contributed by atoms with van der Waals surface area (Å²) in [5, 5.41) is 0. The molecule has 104 valence electrons. The summed E-state index contributed by atoms with van der Waals surface area (Å²) in [6.07, 6.45) is -3.84. The summed E-state index contributed by atoms with van der Waals surface area (Å²) in [6, 6.07) is 3.13. The molecule has 0 spiro atoms. The Kier molecular flexibility index (Phi) is 5.43. The first-order chi connectivity index (χ1) is 8.86. The molecule has 0 aromatic heterocycles. The van der Waals surface area contributed by atoms with Gasteiger partial charge in [-0.15, -0.1) is 11.6 Å². The Morgan fingerprint density at radius 3 is 2.53 bits per heavy atom. The average Bonchev–Trinajstić information content (AvgIpc) is 2.35. The van der Waals surface area contributed by atoms with Crippen molar-refractivity contribution >= 4 is 11.6 Å². The molecule has 0 saturated carbocycles. The van der Waals surface area contributed by atoms with Gasteiger partial charge in [-0.05, 0) is 12.1 Å². The fourth-order valence-corrected chi connectivity index (χ4v) is 1.12. The van der Waals surface area contributed by atoms with Crippen molar-refractivity contribution in [2.45, 2.75) is 12.3 Å². The minimum absolute atomic E-state index is 0.00798. The van der Waals surface area contributed by atoms with Crippen LogP contribution in [0, 0.1) is 17.7 Å². The van der Waals surface area contributed by atoms with Crippen molar-refractivity contribution in [3.8, 4) is 17.6 Å². The monoisotopic (exact) mass is 298 g/mol. The van der Waals surface area contributed by atoms with Gasteiger partial charge in [0, 0.05) is 6.07 Å². The van der Waals surface area contributed by atoms with Gasteiger partial charge in [0.15, 0.2) is 6.61 Å². The molecule has 1 nitrogen and oxygen atoms in total. The zero-order valence-corrected chi connectivity index (χ0v) is 10.2. The quantitative estimate of drug-likeness (QED) is 0.468. The molecule has 0 aliphatic carbocycles. The molecular weight excluding hydrogens is 291 g/mol. The molecule has 0 heterocycles. The molecule has 1 aromatic rings. The number of hydrogen-bond acceptors (Lipinski definition) is 1. The third kappa shape index (κ3) is 4.60. The van der Waals surface area contributed by atoms with Crippen molar-refractivity contribution in [2.75, 3.05) is 12.5 Å². The smallest absolute Gasteiger partial charge is 0.340 e. The molecular formula is C12H8ClF5O. The van der Waals surface area contributed by atoms with Gasteiger partial charge in [0.2, 0.25) is 0 Å². The summed E-state index contributed by atoms with van der Waals surface area (Å²) in [5.74, 6) is -0.554. The minimum Gasteiger partial charge on any atom is -0.487 e. The lowest BCUT2D eigenvalue weighted by molar-refractivity contribution is -0.148. The summed E-state index contributed by atoms with van der Waals surface area (Å²) >= 11 is 5.29. The zero-order valence-electron chi connectivity index (χ0n) is 9.40. The van der Waals surface area contributed by atoms with Crippen LogP contribution in [0.5, 0.6) is 5.75 Å². The van der Waals surface area contributed by atoms with Crippen LogP contribution in [0.15, 0.2) is 18.2 Å². The lowest BCUT2D eigenvalue weighted by Gasteiger charge is -2.15. The average molecular weight is 299 g/mol.